The van der Waals surface area contributed by atoms with E-state index in [4.69, 9.17) is 0 Å². The Bertz CT molecular complexity index is 594. The molecular formula is C13H15FN4O. The van der Waals surface area contributed by atoms with Gasteiger partial charge in [-0.3, -0.25) is 14.5 Å². The van der Waals surface area contributed by atoms with Crippen LogP contribution in [0.15, 0.2) is 24.7 Å². The molecule has 2 rings (SSSR count). The Balaban J connectivity index is 2.06. The summed E-state index contributed by atoms with van der Waals surface area (Å²) in [5.74, 6) is -1.08. The van der Waals surface area contributed by atoms with Gasteiger partial charge in [0.15, 0.2) is 5.82 Å². The highest BCUT2D eigenvalue weighted by Gasteiger charge is 2.12. The van der Waals surface area contributed by atoms with E-state index < -0.39 is 11.7 Å². The van der Waals surface area contributed by atoms with Crippen LogP contribution in [0.5, 0.6) is 0 Å². The highest BCUT2D eigenvalue weighted by Crippen LogP contribution is 2.08. The summed E-state index contributed by atoms with van der Waals surface area (Å²) in [4.78, 5) is 15.4. The van der Waals surface area contributed by atoms with Crippen molar-refractivity contribution in [3.63, 3.8) is 0 Å². The molecule has 0 radical (unpaired) electrons. The fraction of sp³-hybridized carbons (Fsp3) is 0.308. The summed E-state index contributed by atoms with van der Waals surface area (Å²) in [5, 5.41) is 6.96. The SMILES string of the molecule is CCc1nn(C)cc1CNC(=O)c1ccncc1F. The number of carbonyl (C=O) groups is 1. The minimum Gasteiger partial charge on any atom is -0.348 e. The molecule has 100 valence electrons. The van der Waals surface area contributed by atoms with Crippen molar-refractivity contribution < 1.29 is 9.18 Å². The smallest absolute Gasteiger partial charge is 0.254 e. The second kappa shape index (κ2) is 5.60. The Kier molecular flexibility index (Phi) is 3.89. The highest BCUT2D eigenvalue weighted by atomic mass is 19.1. The summed E-state index contributed by atoms with van der Waals surface area (Å²) in [6.45, 7) is 2.33. The molecule has 1 N–H and O–H groups in total. The van der Waals surface area contributed by atoms with E-state index in [1.807, 2.05) is 20.2 Å². The van der Waals surface area contributed by atoms with Crippen LogP contribution >= 0.6 is 0 Å². The molecular weight excluding hydrogens is 247 g/mol. The predicted octanol–water partition coefficient (Wildman–Crippen LogP) is 1.45. The first-order valence-corrected chi connectivity index (χ1v) is 6.01. The number of aryl methyl sites for hydroxylation is 2. The van der Waals surface area contributed by atoms with Gasteiger partial charge in [-0.25, -0.2) is 4.39 Å². The number of nitrogens with one attached hydrogen (secondary N) is 1. The third-order valence-corrected chi connectivity index (χ3v) is 2.78. The zero-order chi connectivity index (χ0) is 13.8. The number of carbonyl (C=O) groups excluding carboxylic acids is 1. The molecule has 0 unspecified atom stereocenters. The van der Waals surface area contributed by atoms with Crippen LogP contribution in [0.3, 0.4) is 0 Å². The van der Waals surface area contributed by atoms with E-state index in [2.05, 4.69) is 15.4 Å². The van der Waals surface area contributed by atoms with Crippen molar-refractivity contribution in [1.82, 2.24) is 20.1 Å². The van der Waals surface area contributed by atoms with Crippen molar-refractivity contribution in [1.29, 1.82) is 0 Å². The Labute approximate surface area is 110 Å². The second-order valence-electron chi connectivity index (χ2n) is 4.17. The van der Waals surface area contributed by atoms with Gasteiger partial charge >= 0.3 is 0 Å². The maximum Gasteiger partial charge on any atom is 0.254 e. The molecule has 19 heavy (non-hydrogen) atoms. The third-order valence-electron chi connectivity index (χ3n) is 2.78. The number of hydrogen-bond acceptors (Lipinski definition) is 3. The molecule has 0 saturated heterocycles. The van der Waals surface area contributed by atoms with E-state index in [0.717, 1.165) is 23.9 Å². The van der Waals surface area contributed by atoms with Crippen LogP contribution in [0.4, 0.5) is 4.39 Å². The van der Waals surface area contributed by atoms with Gasteiger partial charge in [0.2, 0.25) is 0 Å². The Morgan fingerprint density at radius 1 is 1.53 bits per heavy atom. The first-order chi connectivity index (χ1) is 9.11. The molecule has 0 fully saturated rings. The number of aromatic nitrogens is 3. The summed E-state index contributed by atoms with van der Waals surface area (Å²) in [6.07, 6.45) is 5.05. The average molecular weight is 262 g/mol. The molecule has 6 heteroatoms. The Morgan fingerprint density at radius 2 is 2.32 bits per heavy atom. The zero-order valence-corrected chi connectivity index (χ0v) is 10.9. The van der Waals surface area contributed by atoms with Crippen LogP contribution in [0, 0.1) is 5.82 Å². The van der Waals surface area contributed by atoms with Crippen molar-refractivity contribution in [3.8, 4) is 0 Å². The van der Waals surface area contributed by atoms with Crippen LogP contribution in [0.1, 0.15) is 28.5 Å². The summed E-state index contributed by atoms with van der Waals surface area (Å²) >= 11 is 0. The first-order valence-electron chi connectivity index (χ1n) is 6.01. The van der Waals surface area contributed by atoms with Crippen molar-refractivity contribution >= 4 is 5.91 Å². The number of amides is 1. The van der Waals surface area contributed by atoms with Crippen molar-refractivity contribution in [3.05, 3.63) is 47.3 Å². The average Bonchev–Trinajstić information content (AvgIpc) is 2.77. The van der Waals surface area contributed by atoms with Crippen LogP contribution in [-0.2, 0) is 20.0 Å². The quantitative estimate of drug-likeness (QED) is 0.907. The molecule has 0 aromatic carbocycles. The molecule has 2 aromatic heterocycles. The fourth-order valence-corrected chi connectivity index (χ4v) is 1.86. The monoisotopic (exact) mass is 262 g/mol. The molecule has 0 saturated carbocycles. The lowest BCUT2D eigenvalue weighted by molar-refractivity contribution is 0.0946. The lowest BCUT2D eigenvalue weighted by atomic mass is 10.2. The fourth-order valence-electron chi connectivity index (χ4n) is 1.86. The molecule has 1 amide bonds. The largest absolute Gasteiger partial charge is 0.348 e. The van der Waals surface area contributed by atoms with Crippen LogP contribution in [-0.4, -0.2) is 20.7 Å². The molecule has 0 bridgehead atoms. The highest BCUT2D eigenvalue weighted by molar-refractivity contribution is 5.94. The first kappa shape index (κ1) is 13.2. The summed E-state index contributed by atoms with van der Waals surface area (Å²) in [5.41, 5.74) is 1.86. The second-order valence-corrected chi connectivity index (χ2v) is 4.17. The van der Waals surface area contributed by atoms with Gasteiger partial charge in [-0.05, 0) is 12.5 Å². The molecule has 0 aliphatic rings. The lowest BCUT2D eigenvalue weighted by Gasteiger charge is -2.05. The van der Waals surface area contributed by atoms with Gasteiger partial charge in [-0.1, -0.05) is 6.92 Å². The van der Waals surface area contributed by atoms with E-state index in [0.29, 0.717) is 6.54 Å². The molecule has 2 heterocycles. The molecule has 0 aliphatic carbocycles. The predicted molar refractivity (Wildman–Crippen MR) is 68.0 cm³/mol. The summed E-state index contributed by atoms with van der Waals surface area (Å²) in [7, 11) is 1.83. The number of pyridine rings is 1. The minimum absolute atomic E-state index is 0.00283. The lowest BCUT2D eigenvalue weighted by Crippen LogP contribution is -2.24. The van der Waals surface area contributed by atoms with Gasteiger partial charge in [0.05, 0.1) is 17.5 Å². The van der Waals surface area contributed by atoms with Crippen LogP contribution in [0.2, 0.25) is 0 Å². The zero-order valence-electron chi connectivity index (χ0n) is 10.9. The van der Waals surface area contributed by atoms with Gasteiger partial charge < -0.3 is 5.32 Å². The maximum absolute atomic E-state index is 13.4. The number of rotatable bonds is 4. The van der Waals surface area contributed by atoms with Gasteiger partial charge in [-0.2, -0.15) is 5.10 Å². The Morgan fingerprint density at radius 3 is 3.00 bits per heavy atom. The molecule has 0 aliphatic heterocycles. The van der Waals surface area contributed by atoms with E-state index in [9.17, 15) is 9.18 Å². The van der Waals surface area contributed by atoms with Crippen molar-refractivity contribution in [2.45, 2.75) is 19.9 Å². The number of nitrogens with zero attached hydrogens (tertiary/aromatic N) is 3. The van der Waals surface area contributed by atoms with Gasteiger partial charge in [0.25, 0.3) is 5.91 Å². The van der Waals surface area contributed by atoms with Crippen molar-refractivity contribution in [2.75, 3.05) is 0 Å². The van der Waals surface area contributed by atoms with Gasteiger partial charge in [0, 0.05) is 31.5 Å². The maximum atomic E-state index is 13.4. The summed E-state index contributed by atoms with van der Waals surface area (Å²) in [6, 6.07) is 1.36. The van der Waals surface area contributed by atoms with Crippen molar-refractivity contribution in [2.24, 2.45) is 7.05 Å². The van der Waals surface area contributed by atoms with Gasteiger partial charge in [-0.15, -0.1) is 0 Å². The van der Waals surface area contributed by atoms with E-state index in [1.54, 1.807) is 4.68 Å². The standard InChI is InChI=1S/C13H15FN4O/c1-3-12-9(8-18(2)17-12)6-16-13(19)10-4-5-15-7-11(10)14/h4-5,7-8H,3,6H2,1-2H3,(H,16,19). The normalized spacial score (nSPS) is 10.5. The van der Waals surface area contributed by atoms with Crippen LogP contribution < -0.4 is 5.32 Å². The molecule has 5 nitrogen and oxygen atoms in total. The molecule has 0 spiro atoms. The van der Waals surface area contributed by atoms with E-state index in [1.165, 1.54) is 12.3 Å². The summed E-state index contributed by atoms with van der Waals surface area (Å²) < 4.78 is 15.1. The molecule has 2 aromatic rings. The van der Waals surface area contributed by atoms with E-state index in [-0.39, 0.29) is 5.56 Å². The number of hydrogen-bond donors (Lipinski definition) is 1. The third kappa shape index (κ3) is 2.96. The number of halogens is 1. The van der Waals surface area contributed by atoms with Crippen LogP contribution in [0.25, 0.3) is 0 Å². The topological polar surface area (TPSA) is 59.8 Å². The van der Waals surface area contributed by atoms with E-state index >= 15 is 0 Å². The minimum atomic E-state index is -0.623. The van der Waals surface area contributed by atoms with Gasteiger partial charge in [0.1, 0.15) is 0 Å². The Hall–Kier alpha value is -2.24. The molecule has 0 atom stereocenters.